The number of methoxy groups -OCH3 is 1. The van der Waals surface area contributed by atoms with Gasteiger partial charge in [-0.25, -0.2) is 0 Å². The highest BCUT2D eigenvalue weighted by Crippen LogP contribution is 2.28. The molecule has 0 saturated carbocycles. The van der Waals surface area contributed by atoms with Crippen LogP contribution in [0.5, 0.6) is 5.75 Å². The number of aromatic nitrogens is 2. The largest absolute Gasteiger partial charge is 0.492 e. The molecule has 6 nitrogen and oxygen atoms in total. The molecule has 6 rings (SSSR count). The SMILES string of the molecule is CO[C@@H]1C[C@H](COc2ccc3[nH]c(-c4cc5ccccc5[nH]c4=O)cc3c2)N(Cc2ccccc2)C1. The van der Waals surface area contributed by atoms with E-state index in [-0.39, 0.29) is 17.7 Å². The number of fused-ring (bicyclic) bond motifs is 2. The molecule has 0 aliphatic carbocycles. The lowest BCUT2D eigenvalue weighted by Crippen LogP contribution is -2.33. The molecular formula is C30H29N3O3. The average molecular weight is 480 g/mol. The van der Waals surface area contributed by atoms with E-state index >= 15 is 0 Å². The van der Waals surface area contributed by atoms with Crippen LogP contribution in [-0.2, 0) is 11.3 Å². The molecule has 0 radical (unpaired) electrons. The molecule has 2 aromatic heterocycles. The van der Waals surface area contributed by atoms with Crippen LogP contribution in [0.25, 0.3) is 33.1 Å². The summed E-state index contributed by atoms with van der Waals surface area (Å²) in [5.74, 6) is 0.820. The van der Waals surface area contributed by atoms with Gasteiger partial charge in [-0.1, -0.05) is 48.5 Å². The van der Waals surface area contributed by atoms with Crippen molar-refractivity contribution >= 4 is 21.8 Å². The number of nitrogens with one attached hydrogen (secondary N) is 2. The number of hydrogen-bond acceptors (Lipinski definition) is 4. The highest BCUT2D eigenvalue weighted by atomic mass is 16.5. The van der Waals surface area contributed by atoms with Gasteiger partial charge in [0.05, 0.1) is 17.4 Å². The van der Waals surface area contributed by atoms with Gasteiger partial charge in [-0.3, -0.25) is 9.69 Å². The number of H-pyrrole nitrogens is 2. The lowest BCUT2D eigenvalue weighted by molar-refractivity contribution is 0.107. The molecule has 0 unspecified atom stereocenters. The zero-order valence-corrected chi connectivity index (χ0v) is 20.2. The second kappa shape index (κ2) is 9.64. The molecule has 3 aromatic carbocycles. The third-order valence-corrected chi connectivity index (χ3v) is 7.13. The quantitative estimate of drug-likeness (QED) is 0.330. The van der Waals surface area contributed by atoms with E-state index < -0.39 is 0 Å². The van der Waals surface area contributed by atoms with Gasteiger partial charge in [0.15, 0.2) is 0 Å². The Hall–Kier alpha value is -3.87. The lowest BCUT2D eigenvalue weighted by atomic mass is 10.1. The number of hydrogen-bond donors (Lipinski definition) is 2. The maximum Gasteiger partial charge on any atom is 0.257 e. The van der Waals surface area contributed by atoms with Gasteiger partial charge in [0, 0.05) is 42.7 Å². The van der Waals surface area contributed by atoms with Crippen molar-refractivity contribution in [1.29, 1.82) is 0 Å². The maximum absolute atomic E-state index is 12.7. The summed E-state index contributed by atoms with van der Waals surface area (Å²) in [6, 6.07) is 28.6. The Kier molecular flexibility index (Phi) is 6.05. The Morgan fingerprint density at radius 3 is 2.56 bits per heavy atom. The van der Waals surface area contributed by atoms with Crippen LogP contribution in [0, 0.1) is 0 Å². The van der Waals surface area contributed by atoms with E-state index in [1.165, 1.54) is 5.56 Å². The first-order valence-electron chi connectivity index (χ1n) is 12.3. The van der Waals surface area contributed by atoms with E-state index in [1.54, 1.807) is 7.11 Å². The minimum Gasteiger partial charge on any atom is -0.492 e. The first kappa shape index (κ1) is 22.6. The second-order valence-corrected chi connectivity index (χ2v) is 9.50. The topological polar surface area (TPSA) is 70.3 Å². The van der Waals surface area contributed by atoms with Crippen molar-refractivity contribution < 1.29 is 9.47 Å². The van der Waals surface area contributed by atoms with Gasteiger partial charge < -0.3 is 19.4 Å². The lowest BCUT2D eigenvalue weighted by Gasteiger charge is -2.24. The van der Waals surface area contributed by atoms with Crippen molar-refractivity contribution in [3.8, 4) is 17.0 Å². The molecule has 0 amide bonds. The Morgan fingerprint density at radius 2 is 1.69 bits per heavy atom. The fourth-order valence-corrected chi connectivity index (χ4v) is 5.18. The van der Waals surface area contributed by atoms with Crippen LogP contribution in [0.3, 0.4) is 0 Å². The molecule has 182 valence electrons. The molecule has 0 bridgehead atoms. The Balaban J connectivity index is 1.20. The Bertz CT molecular complexity index is 1560. The van der Waals surface area contributed by atoms with Gasteiger partial charge in [-0.2, -0.15) is 0 Å². The normalized spacial score (nSPS) is 18.2. The van der Waals surface area contributed by atoms with Crippen molar-refractivity contribution in [3.63, 3.8) is 0 Å². The van der Waals surface area contributed by atoms with Gasteiger partial charge >= 0.3 is 0 Å². The van der Waals surface area contributed by atoms with E-state index in [0.717, 1.165) is 52.8 Å². The summed E-state index contributed by atoms with van der Waals surface area (Å²) in [6.45, 7) is 2.38. The summed E-state index contributed by atoms with van der Waals surface area (Å²) >= 11 is 0. The number of aromatic amines is 2. The zero-order chi connectivity index (χ0) is 24.5. The molecule has 1 aliphatic rings. The third kappa shape index (κ3) is 4.53. The Morgan fingerprint density at radius 1 is 0.889 bits per heavy atom. The fourth-order valence-electron chi connectivity index (χ4n) is 5.18. The molecule has 3 heterocycles. The fraction of sp³-hybridized carbons (Fsp3) is 0.233. The number of ether oxygens (including phenoxy) is 2. The number of benzene rings is 3. The molecule has 2 N–H and O–H groups in total. The summed E-state index contributed by atoms with van der Waals surface area (Å²) < 4.78 is 11.9. The first-order chi connectivity index (χ1) is 17.7. The van der Waals surface area contributed by atoms with Crippen LogP contribution in [-0.4, -0.2) is 47.3 Å². The predicted molar refractivity (Wildman–Crippen MR) is 143 cm³/mol. The van der Waals surface area contributed by atoms with Gasteiger partial charge in [0.2, 0.25) is 0 Å². The highest BCUT2D eigenvalue weighted by molar-refractivity contribution is 5.89. The zero-order valence-electron chi connectivity index (χ0n) is 20.2. The van der Waals surface area contributed by atoms with Crippen LogP contribution < -0.4 is 10.3 Å². The Labute approximate surface area is 209 Å². The molecule has 1 fully saturated rings. The molecule has 0 spiro atoms. The molecule has 1 saturated heterocycles. The molecule has 36 heavy (non-hydrogen) atoms. The first-order valence-corrected chi connectivity index (χ1v) is 12.3. The van der Waals surface area contributed by atoms with Gasteiger partial charge in [-0.15, -0.1) is 0 Å². The summed E-state index contributed by atoms with van der Waals surface area (Å²) in [7, 11) is 1.78. The number of pyridine rings is 1. The highest BCUT2D eigenvalue weighted by Gasteiger charge is 2.32. The summed E-state index contributed by atoms with van der Waals surface area (Å²) in [4.78, 5) is 21.5. The van der Waals surface area contributed by atoms with Gasteiger partial charge in [0.1, 0.15) is 12.4 Å². The van der Waals surface area contributed by atoms with E-state index in [4.69, 9.17) is 9.47 Å². The number of rotatable bonds is 7. The molecule has 5 aromatic rings. The van der Waals surface area contributed by atoms with Crippen LogP contribution in [0.1, 0.15) is 12.0 Å². The van der Waals surface area contributed by atoms with Crippen molar-refractivity contribution in [1.82, 2.24) is 14.9 Å². The minimum atomic E-state index is -0.107. The van der Waals surface area contributed by atoms with Crippen LogP contribution >= 0.6 is 0 Å². The summed E-state index contributed by atoms with van der Waals surface area (Å²) in [5.41, 5.74) is 4.41. The van der Waals surface area contributed by atoms with E-state index in [2.05, 4.69) is 39.1 Å². The monoisotopic (exact) mass is 479 g/mol. The molecular weight excluding hydrogens is 450 g/mol. The van der Waals surface area contributed by atoms with E-state index in [1.807, 2.05) is 60.7 Å². The number of likely N-dealkylation sites (tertiary alicyclic amines) is 1. The third-order valence-electron chi connectivity index (χ3n) is 7.13. The van der Waals surface area contributed by atoms with Crippen LogP contribution in [0.15, 0.2) is 89.7 Å². The predicted octanol–water partition coefficient (Wildman–Crippen LogP) is 5.34. The van der Waals surface area contributed by atoms with E-state index in [9.17, 15) is 4.79 Å². The van der Waals surface area contributed by atoms with Crippen LogP contribution in [0.2, 0.25) is 0 Å². The maximum atomic E-state index is 12.7. The minimum absolute atomic E-state index is 0.107. The second-order valence-electron chi connectivity index (χ2n) is 9.50. The molecule has 1 aliphatic heterocycles. The van der Waals surface area contributed by atoms with Gasteiger partial charge in [0.25, 0.3) is 5.56 Å². The molecule has 2 atom stereocenters. The number of nitrogens with zero attached hydrogens (tertiary/aromatic N) is 1. The van der Waals surface area contributed by atoms with Crippen LogP contribution in [0.4, 0.5) is 0 Å². The smallest absolute Gasteiger partial charge is 0.257 e. The molecule has 6 heteroatoms. The van der Waals surface area contributed by atoms with Gasteiger partial charge in [-0.05, 0) is 53.8 Å². The van der Waals surface area contributed by atoms with Crippen molar-refractivity contribution in [3.05, 3.63) is 101 Å². The van der Waals surface area contributed by atoms with Crippen molar-refractivity contribution in [2.24, 2.45) is 0 Å². The van der Waals surface area contributed by atoms with E-state index in [0.29, 0.717) is 12.2 Å². The standard InChI is InChI=1S/C30H29N3O3/c1-35-25-16-23(33(18-25)17-20-7-3-2-4-8-20)19-36-24-11-12-28-22(13-24)15-29(31-28)26-14-21-9-5-6-10-27(21)32-30(26)34/h2-15,23,25,31H,16-19H2,1H3,(H,32,34)/t23-,25-/m1/s1. The average Bonchev–Trinajstić information content (AvgIpc) is 3.51. The summed E-state index contributed by atoms with van der Waals surface area (Å²) in [5, 5.41) is 2.01. The van der Waals surface area contributed by atoms with Crippen molar-refractivity contribution in [2.45, 2.75) is 25.1 Å². The number of para-hydroxylation sites is 1. The summed E-state index contributed by atoms with van der Waals surface area (Å²) in [6.07, 6.45) is 1.17. The van der Waals surface area contributed by atoms with Crippen molar-refractivity contribution in [2.75, 3.05) is 20.3 Å².